The summed E-state index contributed by atoms with van der Waals surface area (Å²) in [6.07, 6.45) is 2.06. The molecule has 5 heteroatoms. The molecule has 1 amide bonds. The predicted molar refractivity (Wildman–Crippen MR) is 96.7 cm³/mol. The molecule has 1 spiro atoms. The van der Waals surface area contributed by atoms with Gasteiger partial charge in [0.15, 0.2) is 5.78 Å². The van der Waals surface area contributed by atoms with Crippen LogP contribution in [0.1, 0.15) is 35.2 Å². The molecule has 2 aliphatic carbocycles. The highest BCUT2D eigenvalue weighted by Crippen LogP contribution is 2.65. The van der Waals surface area contributed by atoms with Gasteiger partial charge in [0.2, 0.25) is 5.91 Å². The van der Waals surface area contributed by atoms with E-state index in [0.29, 0.717) is 24.3 Å². The lowest BCUT2D eigenvalue weighted by Gasteiger charge is -2.37. The van der Waals surface area contributed by atoms with Gasteiger partial charge in [0.05, 0.1) is 12.0 Å². The third kappa shape index (κ3) is 2.64. The van der Waals surface area contributed by atoms with Gasteiger partial charge in [-0.25, -0.2) is 4.39 Å². The molecule has 4 atom stereocenters. The Morgan fingerprint density at radius 2 is 2.07 bits per heavy atom. The van der Waals surface area contributed by atoms with Gasteiger partial charge in [-0.2, -0.15) is 0 Å². The number of nitrogens with one attached hydrogen (secondary N) is 1. The highest BCUT2D eigenvalue weighted by atomic mass is 19.1. The normalized spacial score (nSPS) is 30.4. The van der Waals surface area contributed by atoms with Crippen LogP contribution in [0.2, 0.25) is 0 Å². The fraction of sp³-hybridized carbons (Fsp3) is 0.364. The average Bonchev–Trinajstić information content (AvgIpc) is 3.31. The zero-order valence-corrected chi connectivity index (χ0v) is 14.8. The maximum atomic E-state index is 13.3. The summed E-state index contributed by atoms with van der Waals surface area (Å²) in [6, 6.07) is 13.6. The number of amides is 1. The van der Waals surface area contributed by atoms with Crippen LogP contribution in [0.3, 0.4) is 0 Å². The molecule has 138 valence electrons. The van der Waals surface area contributed by atoms with E-state index in [4.69, 9.17) is 4.74 Å². The first-order valence-electron chi connectivity index (χ1n) is 9.41. The quantitative estimate of drug-likeness (QED) is 0.906. The Bertz CT molecular complexity index is 943. The SMILES string of the molecule is O=C1C[C@]2(CC[C@@H]3[C@H](C(=O)NCc4cccc(F)c4)[C@@H]32)Oc2ccccc21. The van der Waals surface area contributed by atoms with Crippen LogP contribution in [0, 0.1) is 23.6 Å². The fourth-order valence-electron chi connectivity index (χ4n) is 5.07. The average molecular weight is 365 g/mol. The fourth-order valence-corrected chi connectivity index (χ4v) is 5.07. The van der Waals surface area contributed by atoms with Crippen molar-refractivity contribution in [1.29, 1.82) is 0 Å². The highest BCUT2D eigenvalue weighted by molar-refractivity contribution is 6.00. The summed E-state index contributed by atoms with van der Waals surface area (Å²) in [6.45, 7) is 0.308. The number of fused-ring (bicyclic) bond motifs is 3. The molecule has 3 aliphatic rings. The summed E-state index contributed by atoms with van der Waals surface area (Å²) >= 11 is 0. The van der Waals surface area contributed by atoms with Crippen LogP contribution in [0.25, 0.3) is 0 Å². The lowest BCUT2D eigenvalue weighted by atomic mass is 9.84. The molecule has 2 aromatic rings. The number of para-hydroxylation sites is 1. The van der Waals surface area contributed by atoms with E-state index in [9.17, 15) is 14.0 Å². The van der Waals surface area contributed by atoms with Gasteiger partial charge in [-0.05, 0) is 48.6 Å². The molecule has 2 saturated carbocycles. The van der Waals surface area contributed by atoms with Crippen molar-refractivity contribution in [2.24, 2.45) is 17.8 Å². The van der Waals surface area contributed by atoms with Gasteiger partial charge in [-0.15, -0.1) is 0 Å². The number of hydrogen-bond acceptors (Lipinski definition) is 3. The number of ketones is 1. The predicted octanol–water partition coefficient (Wildman–Crippen LogP) is 3.50. The molecule has 5 rings (SSSR count). The minimum absolute atomic E-state index is 0.0248. The molecule has 4 nitrogen and oxygen atoms in total. The molecule has 27 heavy (non-hydrogen) atoms. The molecular weight excluding hydrogens is 345 g/mol. The topological polar surface area (TPSA) is 55.4 Å². The van der Waals surface area contributed by atoms with Crippen LogP contribution in [0.15, 0.2) is 48.5 Å². The molecule has 0 aromatic heterocycles. The third-order valence-electron chi connectivity index (χ3n) is 6.30. The Hall–Kier alpha value is -2.69. The minimum atomic E-state index is -0.545. The number of benzene rings is 2. The van der Waals surface area contributed by atoms with Gasteiger partial charge >= 0.3 is 0 Å². The number of ether oxygens (including phenoxy) is 1. The van der Waals surface area contributed by atoms with E-state index in [1.807, 2.05) is 18.2 Å². The van der Waals surface area contributed by atoms with E-state index in [0.717, 1.165) is 18.4 Å². The summed E-state index contributed by atoms with van der Waals surface area (Å²) < 4.78 is 19.6. The van der Waals surface area contributed by atoms with Crippen molar-refractivity contribution < 1.29 is 18.7 Å². The van der Waals surface area contributed by atoms with Crippen LogP contribution in [0.4, 0.5) is 4.39 Å². The lowest BCUT2D eigenvalue weighted by molar-refractivity contribution is -0.124. The zero-order valence-electron chi connectivity index (χ0n) is 14.8. The van der Waals surface area contributed by atoms with Crippen molar-refractivity contribution >= 4 is 11.7 Å². The number of carbonyl (C=O) groups is 2. The molecule has 0 bridgehead atoms. The van der Waals surface area contributed by atoms with Crippen molar-refractivity contribution in [2.45, 2.75) is 31.4 Å². The van der Waals surface area contributed by atoms with Crippen LogP contribution < -0.4 is 10.1 Å². The Morgan fingerprint density at radius 3 is 2.93 bits per heavy atom. The number of carbonyl (C=O) groups excluding carboxylic acids is 2. The van der Waals surface area contributed by atoms with Gasteiger partial charge in [0.1, 0.15) is 17.2 Å². The van der Waals surface area contributed by atoms with Crippen LogP contribution in [0.5, 0.6) is 5.75 Å². The summed E-state index contributed by atoms with van der Waals surface area (Å²) in [4.78, 5) is 25.3. The van der Waals surface area contributed by atoms with Crippen molar-refractivity contribution in [1.82, 2.24) is 5.32 Å². The second-order valence-electron chi connectivity index (χ2n) is 7.86. The summed E-state index contributed by atoms with van der Waals surface area (Å²) in [5.41, 5.74) is 0.831. The molecule has 1 N–H and O–H groups in total. The van der Waals surface area contributed by atoms with Crippen LogP contribution >= 0.6 is 0 Å². The molecule has 0 radical (unpaired) electrons. The maximum Gasteiger partial charge on any atom is 0.224 e. The molecule has 1 heterocycles. The second-order valence-corrected chi connectivity index (χ2v) is 7.86. The van der Waals surface area contributed by atoms with Crippen molar-refractivity contribution in [3.05, 3.63) is 65.5 Å². The van der Waals surface area contributed by atoms with E-state index in [2.05, 4.69) is 5.32 Å². The first-order valence-corrected chi connectivity index (χ1v) is 9.41. The smallest absolute Gasteiger partial charge is 0.224 e. The van der Waals surface area contributed by atoms with E-state index >= 15 is 0 Å². The highest BCUT2D eigenvalue weighted by Gasteiger charge is 2.70. The van der Waals surface area contributed by atoms with Gasteiger partial charge < -0.3 is 10.1 Å². The van der Waals surface area contributed by atoms with Gasteiger partial charge in [-0.1, -0.05) is 24.3 Å². The minimum Gasteiger partial charge on any atom is -0.486 e. The summed E-state index contributed by atoms with van der Waals surface area (Å²) in [7, 11) is 0. The third-order valence-corrected chi connectivity index (χ3v) is 6.30. The monoisotopic (exact) mass is 365 g/mol. The number of hydrogen-bond donors (Lipinski definition) is 1. The van der Waals surface area contributed by atoms with Gasteiger partial charge in [-0.3, -0.25) is 9.59 Å². The number of Topliss-reactive ketones (excluding diaryl/α,β-unsaturated/α-hetero) is 1. The molecule has 1 aliphatic heterocycles. The van der Waals surface area contributed by atoms with Gasteiger partial charge in [0.25, 0.3) is 0 Å². The van der Waals surface area contributed by atoms with E-state index in [-0.39, 0.29) is 35.3 Å². The first kappa shape index (κ1) is 16.5. The van der Waals surface area contributed by atoms with Gasteiger partial charge in [0, 0.05) is 18.4 Å². The largest absolute Gasteiger partial charge is 0.486 e. The standard InChI is InChI=1S/C22H20FNO3/c23-14-5-3-4-13(10-14)12-24-21(26)19-16-8-9-22(20(16)19)11-17(25)15-6-1-2-7-18(15)27-22/h1-7,10,16,19-20H,8-9,11-12H2,(H,24,26)/t16-,19+,20-,22+/m1/s1. The van der Waals surface area contributed by atoms with E-state index in [1.54, 1.807) is 18.2 Å². The molecule has 2 fully saturated rings. The second kappa shape index (κ2) is 5.91. The van der Waals surface area contributed by atoms with Crippen LogP contribution in [-0.2, 0) is 11.3 Å². The Morgan fingerprint density at radius 1 is 1.22 bits per heavy atom. The van der Waals surface area contributed by atoms with Crippen molar-refractivity contribution in [2.75, 3.05) is 0 Å². The summed E-state index contributed by atoms with van der Waals surface area (Å²) in [5, 5.41) is 2.92. The lowest BCUT2D eigenvalue weighted by Crippen LogP contribution is -2.44. The first-order chi connectivity index (χ1) is 13.1. The van der Waals surface area contributed by atoms with Crippen LogP contribution in [-0.4, -0.2) is 17.3 Å². The molecule has 0 unspecified atom stereocenters. The number of rotatable bonds is 3. The number of halogens is 1. The maximum absolute atomic E-state index is 13.3. The Kier molecular flexibility index (Phi) is 3.61. The van der Waals surface area contributed by atoms with Crippen molar-refractivity contribution in [3.8, 4) is 5.75 Å². The van der Waals surface area contributed by atoms with E-state index in [1.165, 1.54) is 12.1 Å². The summed E-state index contributed by atoms with van der Waals surface area (Å²) in [5.74, 6) is 0.645. The Labute approximate surface area is 156 Å². The zero-order chi connectivity index (χ0) is 18.6. The van der Waals surface area contributed by atoms with Crippen molar-refractivity contribution in [3.63, 3.8) is 0 Å². The molecule has 2 aromatic carbocycles. The molecule has 0 saturated heterocycles. The Balaban J connectivity index is 1.30. The van der Waals surface area contributed by atoms with E-state index < -0.39 is 5.60 Å². The molecular formula is C22H20FNO3.